The fourth-order valence-electron chi connectivity index (χ4n) is 2.74. The zero-order valence-corrected chi connectivity index (χ0v) is 17.4. The van der Waals surface area contributed by atoms with E-state index in [0.29, 0.717) is 17.3 Å². The zero-order chi connectivity index (χ0) is 21.5. The summed E-state index contributed by atoms with van der Waals surface area (Å²) in [6.45, 7) is 4.69. The minimum Gasteiger partial charge on any atom is -0.478 e. The number of aromatic nitrogens is 3. The van der Waals surface area contributed by atoms with Crippen LogP contribution in [-0.4, -0.2) is 43.7 Å². The van der Waals surface area contributed by atoms with Gasteiger partial charge in [-0.2, -0.15) is 5.10 Å². The first kappa shape index (κ1) is 21.3. The Morgan fingerprint density at radius 3 is 2.60 bits per heavy atom. The molecule has 3 aromatic rings. The number of carbonyl (C=O) groups is 2. The maximum absolute atomic E-state index is 12.1. The number of hydrazone groups is 1. The first-order valence-electron chi connectivity index (χ1n) is 9.27. The summed E-state index contributed by atoms with van der Waals surface area (Å²) in [6.07, 6.45) is 1.32. The molecule has 0 aliphatic carbocycles. The van der Waals surface area contributed by atoms with Gasteiger partial charge in [-0.15, -0.1) is 10.2 Å². The van der Waals surface area contributed by atoms with Gasteiger partial charge in [0.2, 0.25) is 0 Å². The highest BCUT2D eigenvalue weighted by atomic mass is 32.2. The highest BCUT2D eigenvalue weighted by molar-refractivity contribution is 7.99. The summed E-state index contributed by atoms with van der Waals surface area (Å²) in [5.41, 5.74) is 5.06. The van der Waals surface area contributed by atoms with Crippen molar-refractivity contribution >= 4 is 29.9 Å². The van der Waals surface area contributed by atoms with E-state index in [1.165, 1.54) is 29.6 Å². The van der Waals surface area contributed by atoms with Crippen LogP contribution in [-0.2, 0) is 11.3 Å². The maximum Gasteiger partial charge on any atom is 0.336 e. The molecule has 0 atom stereocenters. The number of benzene rings is 2. The number of carboxylic acid groups (broad SMARTS) is 1. The topological polar surface area (TPSA) is 109 Å². The van der Waals surface area contributed by atoms with Crippen molar-refractivity contribution < 1.29 is 14.7 Å². The molecule has 0 bridgehead atoms. The molecule has 0 fully saturated rings. The van der Waals surface area contributed by atoms with Crippen molar-refractivity contribution in [1.82, 2.24) is 20.2 Å². The Morgan fingerprint density at radius 2 is 1.90 bits per heavy atom. The molecule has 1 amide bonds. The van der Waals surface area contributed by atoms with Gasteiger partial charge in [-0.3, -0.25) is 4.79 Å². The number of aromatic carboxylic acids is 1. The highest BCUT2D eigenvalue weighted by Crippen LogP contribution is 2.24. The van der Waals surface area contributed by atoms with E-state index >= 15 is 0 Å². The molecule has 154 valence electrons. The van der Waals surface area contributed by atoms with Crippen LogP contribution >= 0.6 is 11.8 Å². The lowest BCUT2D eigenvalue weighted by molar-refractivity contribution is -0.118. The summed E-state index contributed by atoms with van der Waals surface area (Å²) in [5.74, 6) is -0.526. The van der Waals surface area contributed by atoms with Crippen LogP contribution in [0.15, 0.2) is 58.8 Å². The van der Waals surface area contributed by atoms with Crippen molar-refractivity contribution in [3.63, 3.8) is 0 Å². The van der Waals surface area contributed by atoms with Crippen LogP contribution in [0.25, 0.3) is 11.4 Å². The van der Waals surface area contributed by atoms with Crippen LogP contribution < -0.4 is 5.43 Å². The number of carboxylic acids is 1. The van der Waals surface area contributed by atoms with E-state index in [1.54, 1.807) is 18.2 Å². The Balaban J connectivity index is 1.61. The maximum atomic E-state index is 12.1. The Bertz CT molecular complexity index is 1080. The largest absolute Gasteiger partial charge is 0.478 e. The van der Waals surface area contributed by atoms with E-state index in [9.17, 15) is 9.59 Å². The van der Waals surface area contributed by atoms with Gasteiger partial charge in [0.05, 0.1) is 17.5 Å². The van der Waals surface area contributed by atoms with Crippen LogP contribution in [0.4, 0.5) is 0 Å². The molecule has 0 saturated heterocycles. The SMILES string of the molecule is CCn1c(SCC(=O)N/N=C/c2ccccc2C(=O)O)nnc1-c1ccc(C)cc1. The van der Waals surface area contributed by atoms with Crippen LogP contribution in [0.5, 0.6) is 0 Å². The summed E-state index contributed by atoms with van der Waals surface area (Å²) in [4.78, 5) is 23.3. The molecule has 2 N–H and O–H groups in total. The van der Waals surface area contributed by atoms with E-state index in [-0.39, 0.29) is 17.2 Å². The first-order chi connectivity index (χ1) is 14.5. The number of nitrogens with one attached hydrogen (secondary N) is 1. The summed E-state index contributed by atoms with van der Waals surface area (Å²) in [5, 5.41) is 22.1. The molecule has 0 saturated carbocycles. The van der Waals surface area contributed by atoms with Crippen LogP contribution in [0.2, 0.25) is 0 Å². The van der Waals surface area contributed by atoms with Gasteiger partial charge in [0.25, 0.3) is 5.91 Å². The van der Waals surface area contributed by atoms with Gasteiger partial charge >= 0.3 is 5.97 Å². The summed E-state index contributed by atoms with van der Waals surface area (Å²) < 4.78 is 1.95. The third kappa shape index (κ3) is 5.12. The quantitative estimate of drug-likeness (QED) is 0.327. The third-order valence-corrected chi connectivity index (χ3v) is 5.23. The number of hydrogen-bond acceptors (Lipinski definition) is 6. The molecule has 0 aliphatic rings. The number of nitrogens with zero attached hydrogens (tertiary/aromatic N) is 4. The third-order valence-electron chi connectivity index (χ3n) is 4.26. The van der Waals surface area contributed by atoms with Crippen molar-refractivity contribution in [2.24, 2.45) is 5.10 Å². The van der Waals surface area contributed by atoms with E-state index in [0.717, 1.165) is 11.4 Å². The first-order valence-corrected chi connectivity index (χ1v) is 10.3. The number of amides is 1. The molecule has 2 aromatic carbocycles. The molecule has 8 nitrogen and oxygen atoms in total. The van der Waals surface area contributed by atoms with Crippen molar-refractivity contribution in [3.05, 3.63) is 65.2 Å². The molecule has 0 unspecified atom stereocenters. The zero-order valence-electron chi connectivity index (χ0n) is 16.6. The van der Waals surface area contributed by atoms with Gasteiger partial charge in [-0.1, -0.05) is 59.8 Å². The number of carbonyl (C=O) groups excluding carboxylic acids is 1. The number of aryl methyl sites for hydroxylation is 1. The molecule has 1 aromatic heterocycles. The van der Waals surface area contributed by atoms with Crippen molar-refractivity contribution in [2.45, 2.75) is 25.5 Å². The van der Waals surface area contributed by atoms with Crippen LogP contribution in [0.3, 0.4) is 0 Å². The molecular weight excluding hydrogens is 402 g/mol. The second-order valence-corrected chi connectivity index (χ2v) is 7.33. The average molecular weight is 423 g/mol. The van der Waals surface area contributed by atoms with Gasteiger partial charge in [0, 0.05) is 17.7 Å². The highest BCUT2D eigenvalue weighted by Gasteiger charge is 2.14. The molecule has 0 aliphatic heterocycles. The summed E-state index contributed by atoms with van der Waals surface area (Å²) >= 11 is 1.26. The minimum absolute atomic E-state index is 0.101. The van der Waals surface area contributed by atoms with Gasteiger partial charge in [0.15, 0.2) is 11.0 Å². The predicted molar refractivity (Wildman–Crippen MR) is 116 cm³/mol. The molecular formula is C21H21N5O3S. The number of thioether (sulfide) groups is 1. The van der Waals surface area contributed by atoms with E-state index < -0.39 is 5.97 Å². The second-order valence-electron chi connectivity index (χ2n) is 6.39. The van der Waals surface area contributed by atoms with Crippen LogP contribution in [0, 0.1) is 6.92 Å². The Labute approximate surface area is 178 Å². The van der Waals surface area contributed by atoms with E-state index in [2.05, 4.69) is 20.7 Å². The normalized spacial score (nSPS) is 11.0. The lowest BCUT2D eigenvalue weighted by Crippen LogP contribution is -2.20. The smallest absolute Gasteiger partial charge is 0.336 e. The molecule has 1 heterocycles. The Kier molecular flexibility index (Phi) is 6.97. The monoisotopic (exact) mass is 423 g/mol. The van der Waals surface area contributed by atoms with Gasteiger partial charge in [-0.25, -0.2) is 10.2 Å². The lowest BCUT2D eigenvalue weighted by Gasteiger charge is -2.07. The van der Waals surface area contributed by atoms with Crippen molar-refractivity contribution in [2.75, 3.05) is 5.75 Å². The fraction of sp³-hybridized carbons (Fsp3) is 0.190. The minimum atomic E-state index is -1.05. The van der Waals surface area contributed by atoms with E-state index in [4.69, 9.17) is 5.11 Å². The molecule has 0 spiro atoms. The van der Waals surface area contributed by atoms with E-state index in [1.807, 2.05) is 42.7 Å². The van der Waals surface area contributed by atoms with Crippen LogP contribution in [0.1, 0.15) is 28.4 Å². The number of rotatable bonds is 8. The van der Waals surface area contributed by atoms with Gasteiger partial charge in [0.1, 0.15) is 0 Å². The number of hydrogen-bond donors (Lipinski definition) is 2. The molecule has 30 heavy (non-hydrogen) atoms. The summed E-state index contributed by atoms with van der Waals surface area (Å²) in [7, 11) is 0. The van der Waals surface area contributed by atoms with Gasteiger partial charge < -0.3 is 9.67 Å². The predicted octanol–water partition coefficient (Wildman–Crippen LogP) is 3.21. The summed E-state index contributed by atoms with van der Waals surface area (Å²) in [6, 6.07) is 14.5. The molecule has 0 radical (unpaired) electrons. The standard InChI is InChI=1S/C21H21N5O3S/c1-3-26-19(15-10-8-14(2)9-11-15)24-25-21(26)30-13-18(27)23-22-12-16-6-4-5-7-17(16)20(28)29/h4-12H,3,13H2,1-2H3,(H,23,27)(H,28,29)/b22-12+. The van der Waals surface area contributed by atoms with Crippen molar-refractivity contribution in [1.29, 1.82) is 0 Å². The Hall–Kier alpha value is -3.46. The lowest BCUT2D eigenvalue weighted by atomic mass is 10.1. The molecule has 3 rings (SSSR count). The fourth-order valence-corrected chi connectivity index (χ4v) is 3.53. The molecule has 9 heteroatoms. The van der Waals surface area contributed by atoms with Crippen molar-refractivity contribution in [3.8, 4) is 11.4 Å². The average Bonchev–Trinajstić information content (AvgIpc) is 3.16. The van der Waals surface area contributed by atoms with Gasteiger partial charge in [-0.05, 0) is 19.9 Å². The second kappa shape index (κ2) is 9.84. The Morgan fingerprint density at radius 1 is 1.17 bits per heavy atom.